The normalized spacial score (nSPS) is 15.0. The molecule has 10 heteroatoms. The summed E-state index contributed by atoms with van der Waals surface area (Å²) in [5.41, 5.74) is 1.21. The molecule has 0 atom stereocenters. The first-order chi connectivity index (χ1) is 16.7. The first kappa shape index (κ1) is 26.8. The molecular weight excluding hydrogens is 468 g/mol. The highest BCUT2D eigenvalue weighted by atomic mass is 32.2. The number of anilines is 1. The minimum atomic E-state index is -4.03. The van der Waals surface area contributed by atoms with Crippen LogP contribution < -0.4 is 19.1 Å². The number of sulfonamides is 1. The second kappa shape index (κ2) is 12.2. The number of ether oxygens (including phenoxy) is 2. The summed E-state index contributed by atoms with van der Waals surface area (Å²) in [6.45, 7) is 7.01. The number of carbonyl (C=O) groups excluding carboxylic acids is 1. The van der Waals surface area contributed by atoms with E-state index >= 15 is 0 Å². The highest BCUT2D eigenvalue weighted by molar-refractivity contribution is 7.92. The van der Waals surface area contributed by atoms with Gasteiger partial charge in [0.15, 0.2) is 0 Å². The van der Waals surface area contributed by atoms with Crippen LogP contribution in [0, 0.1) is 6.92 Å². The van der Waals surface area contributed by atoms with Gasteiger partial charge in [0.25, 0.3) is 10.0 Å². The molecule has 1 saturated heterocycles. The van der Waals surface area contributed by atoms with Gasteiger partial charge in [0.1, 0.15) is 18.0 Å². The lowest BCUT2D eigenvalue weighted by Gasteiger charge is -2.32. The SMILES string of the molecule is COc1ccc(N(CC(=O)NCCCN2CCN(C)CC2)S(=O)(=O)c2ccc(C)cc2)c(OC)c1. The Kier molecular flexibility index (Phi) is 9.36. The van der Waals surface area contributed by atoms with Crippen LogP contribution in [0.3, 0.4) is 0 Å². The lowest BCUT2D eigenvalue weighted by atomic mass is 10.2. The van der Waals surface area contributed by atoms with Gasteiger partial charge in [-0.25, -0.2) is 8.42 Å². The van der Waals surface area contributed by atoms with E-state index in [1.807, 2.05) is 6.92 Å². The maximum Gasteiger partial charge on any atom is 0.264 e. The Hall–Kier alpha value is -2.82. The first-order valence-electron chi connectivity index (χ1n) is 11.7. The Bertz CT molecular complexity index is 1080. The zero-order valence-corrected chi connectivity index (χ0v) is 21.8. The molecule has 1 aliphatic heterocycles. The van der Waals surface area contributed by atoms with Crippen molar-refractivity contribution in [3.63, 3.8) is 0 Å². The predicted octanol–water partition coefficient (Wildman–Crippen LogP) is 1.96. The number of hydrogen-bond donors (Lipinski definition) is 1. The number of carbonyl (C=O) groups is 1. The molecule has 1 heterocycles. The lowest BCUT2D eigenvalue weighted by Crippen LogP contribution is -2.45. The highest BCUT2D eigenvalue weighted by Crippen LogP contribution is 2.35. The maximum absolute atomic E-state index is 13.6. The first-order valence-corrected chi connectivity index (χ1v) is 13.2. The Morgan fingerprint density at radius 3 is 2.34 bits per heavy atom. The summed E-state index contributed by atoms with van der Waals surface area (Å²) in [6, 6.07) is 11.4. The summed E-state index contributed by atoms with van der Waals surface area (Å²) >= 11 is 0. The van der Waals surface area contributed by atoms with E-state index in [-0.39, 0.29) is 23.0 Å². The van der Waals surface area contributed by atoms with Crippen LogP contribution in [0.25, 0.3) is 0 Å². The topological polar surface area (TPSA) is 91.4 Å². The molecule has 9 nitrogen and oxygen atoms in total. The fourth-order valence-electron chi connectivity index (χ4n) is 3.92. The summed E-state index contributed by atoms with van der Waals surface area (Å²) < 4.78 is 39.0. The molecule has 0 spiro atoms. The number of methoxy groups -OCH3 is 2. The predicted molar refractivity (Wildman–Crippen MR) is 137 cm³/mol. The number of hydrogen-bond acceptors (Lipinski definition) is 7. The van der Waals surface area contributed by atoms with Gasteiger partial charge < -0.3 is 24.6 Å². The Balaban J connectivity index is 1.74. The molecule has 2 aromatic carbocycles. The molecular formula is C25H36N4O5S. The number of piperazine rings is 1. The molecule has 0 radical (unpaired) electrons. The summed E-state index contributed by atoms with van der Waals surface area (Å²) in [5, 5.41) is 2.88. The second-order valence-corrected chi connectivity index (χ2v) is 10.6. The second-order valence-electron chi connectivity index (χ2n) is 8.71. The molecule has 0 aromatic heterocycles. The monoisotopic (exact) mass is 504 g/mol. The van der Waals surface area contributed by atoms with Crippen LogP contribution in [-0.4, -0.2) is 91.2 Å². The molecule has 0 unspecified atom stereocenters. The van der Waals surface area contributed by atoms with Crippen molar-refractivity contribution in [1.29, 1.82) is 0 Å². The van der Waals surface area contributed by atoms with Crippen molar-refractivity contribution in [1.82, 2.24) is 15.1 Å². The molecule has 1 fully saturated rings. The van der Waals surface area contributed by atoms with Crippen molar-refractivity contribution >= 4 is 21.6 Å². The van der Waals surface area contributed by atoms with E-state index in [4.69, 9.17) is 9.47 Å². The van der Waals surface area contributed by atoms with Crippen molar-refractivity contribution in [3.05, 3.63) is 48.0 Å². The highest BCUT2D eigenvalue weighted by Gasteiger charge is 2.29. The largest absolute Gasteiger partial charge is 0.497 e. The number of amides is 1. The molecule has 3 rings (SSSR count). The number of likely N-dealkylation sites (N-methyl/N-ethyl adjacent to an activating group) is 1. The van der Waals surface area contributed by atoms with Crippen molar-refractivity contribution in [2.24, 2.45) is 0 Å². The number of nitrogens with one attached hydrogen (secondary N) is 1. The molecule has 35 heavy (non-hydrogen) atoms. The number of rotatable bonds is 11. The van der Waals surface area contributed by atoms with Crippen LogP contribution in [-0.2, 0) is 14.8 Å². The Morgan fingerprint density at radius 2 is 1.71 bits per heavy atom. The van der Waals surface area contributed by atoms with Crippen LogP contribution in [0.2, 0.25) is 0 Å². The molecule has 192 valence electrons. The standard InChI is InChI=1S/C25H36N4O5S/c1-20-6-9-22(10-7-20)35(31,32)29(23-11-8-21(33-3)18-24(23)34-4)19-25(30)26-12-5-13-28-16-14-27(2)15-17-28/h6-11,18H,5,12-17,19H2,1-4H3,(H,26,30). The Labute approximate surface area is 208 Å². The molecule has 1 amide bonds. The van der Waals surface area contributed by atoms with Gasteiger partial charge in [0.05, 0.1) is 24.8 Å². The summed E-state index contributed by atoms with van der Waals surface area (Å²) in [4.78, 5) is 17.7. The van der Waals surface area contributed by atoms with Gasteiger partial charge in [-0.05, 0) is 51.2 Å². The van der Waals surface area contributed by atoms with Gasteiger partial charge >= 0.3 is 0 Å². The van der Waals surface area contributed by atoms with Crippen molar-refractivity contribution < 1.29 is 22.7 Å². The van der Waals surface area contributed by atoms with E-state index in [0.29, 0.717) is 18.0 Å². The van der Waals surface area contributed by atoms with Gasteiger partial charge in [-0.2, -0.15) is 0 Å². The van der Waals surface area contributed by atoms with Crippen LogP contribution >= 0.6 is 0 Å². The molecule has 0 aliphatic carbocycles. The molecule has 0 bridgehead atoms. The van der Waals surface area contributed by atoms with Crippen LogP contribution in [0.5, 0.6) is 11.5 Å². The van der Waals surface area contributed by atoms with Crippen molar-refractivity contribution in [3.8, 4) is 11.5 Å². The third kappa shape index (κ3) is 7.09. The number of nitrogens with zero attached hydrogens (tertiary/aromatic N) is 3. The van der Waals surface area contributed by atoms with E-state index in [0.717, 1.165) is 49.0 Å². The van der Waals surface area contributed by atoms with Crippen molar-refractivity contribution in [2.75, 3.05) is 71.4 Å². The van der Waals surface area contributed by atoms with E-state index in [2.05, 4.69) is 22.2 Å². The fourth-order valence-corrected chi connectivity index (χ4v) is 5.35. The summed E-state index contributed by atoms with van der Waals surface area (Å²) in [7, 11) is 1.06. The van der Waals surface area contributed by atoms with Crippen LogP contribution in [0.1, 0.15) is 12.0 Å². The van der Waals surface area contributed by atoms with E-state index < -0.39 is 10.0 Å². The third-order valence-corrected chi connectivity index (χ3v) is 7.89. The zero-order valence-electron chi connectivity index (χ0n) is 21.0. The van der Waals surface area contributed by atoms with Crippen molar-refractivity contribution in [2.45, 2.75) is 18.2 Å². The van der Waals surface area contributed by atoms with Crippen LogP contribution in [0.15, 0.2) is 47.4 Å². The van der Waals surface area contributed by atoms with Crippen LogP contribution in [0.4, 0.5) is 5.69 Å². The third-order valence-electron chi connectivity index (χ3n) is 6.12. The average Bonchev–Trinajstić information content (AvgIpc) is 2.86. The molecule has 0 saturated carbocycles. The van der Waals surface area contributed by atoms with Gasteiger partial charge in [0, 0.05) is 38.8 Å². The van der Waals surface area contributed by atoms with Gasteiger partial charge in [-0.1, -0.05) is 17.7 Å². The number of aryl methyl sites for hydroxylation is 1. The fraction of sp³-hybridized carbons (Fsp3) is 0.480. The molecule has 1 aliphatic rings. The minimum absolute atomic E-state index is 0.101. The molecule has 2 aromatic rings. The summed E-state index contributed by atoms with van der Waals surface area (Å²) in [6.07, 6.45) is 0.798. The van der Waals surface area contributed by atoms with Gasteiger partial charge in [0.2, 0.25) is 5.91 Å². The van der Waals surface area contributed by atoms with E-state index in [1.165, 1.54) is 14.2 Å². The quantitative estimate of drug-likeness (QED) is 0.468. The van der Waals surface area contributed by atoms with Gasteiger partial charge in [-0.3, -0.25) is 9.10 Å². The number of benzene rings is 2. The lowest BCUT2D eigenvalue weighted by molar-refractivity contribution is -0.119. The minimum Gasteiger partial charge on any atom is -0.497 e. The smallest absolute Gasteiger partial charge is 0.264 e. The zero-order chi connectivity index (χ0) is 25.4. The Morgan fingerprint density at radius 1 is 1.03 bits per heavy atom. The van der Waals surface area contributed by atoms with E-state index in [9.17, 15) is 13.2 Å². The summed E-state index contributed by atoms with van der Waals surface area (Å²) in [5.74, 6) is 0.437. The maximum atomic E-state index is 13.6. The van der Waals surface area contributed by atoms with Gasteiger partial charge in [-0.15, -0.1) is 0 Å². The molecule has 1 N–H and O–H groups in total. The average molecular weight is 505 g/mol. The van der Waals surface area contributed by atoms with E-state index in [1.54, 1.807) is 42.5 Å².